The molecular formula is C17H19NO3. The zero-order valence-corrected chi connectivity index (χ0v) is 12.5. The minimum atomic E-state index is -0.330. The maximum atomic E-state index is 11.8. The van der Waals surface area contributed by atoms with Crippen LogP contribution in [0.2, 0.25) is 0 Å². The number of hydrogen-bond donors (Lipinski definition) is 0. The summed E-state index contributed by atoms with van der Waals surface area (Å²) < 4.78 is 6.77. The van der Waals surface area contributed by atoms with E-state index in [4.69, 9.17) is 4.74 Å². The molecule has 4 nitrogen and oxygen atoms in total. The van der Waals surface area contributed by atoms with Crippen LogP contribution in [0.25, 0.3) is 0 Å². The van der Waals surface area contributed by atoms with Crippen LogP contribution in [0.3, 0.4) is 0 Å². The Morgan fingerprint density at radius 3 is 2.43 bits per heavy atom. The lowest BCUT2D eigenvalue weighted by Gasteiger charge is -2.09. The van der Waals surface area contributed by atoms with Crippen molar-refractivity contribution in [3.63, 3.8) is 0 Å². The zero-order valence-electron chi connectivity index (χ0n) is 12.5. The smallest absolute Gasteiger partial charge is 0.338 e. The van der Waals surface area contributed by atoms with Gasteiger partial charge in [-0.3, -0.25) is 4.79 Å². The summed E-state index contributed by atoms with van der Waals surface area (Å²) >= 11 is 0. The fourth-order valence-electron chi connectivity index (χ4n) is 1.96. The van der Waals surface area contributed by atoms with Gasteiger partial charge in [0.1, 0.15) is 0 Å². The summed E-state index contributed by atoms with van der Waals surface area (Å²) in [4.78, 5) is 23.6. The third-order valence-corrected chi connectivity index (χ3v) is 3.04. The lowest BCUT2D eigenvalue weighted by Crippen LogP contribution is -2.19. The third kappa shape index (κ3) is 4.05. The molecule has 0 aliphatic carbocycles. The number of nitrogens with zero attached hydrogens (tertiary/aromatic N) is 1. The number of rotatable bonds is 4. The van der Waals surface area contributed by atoms with Crippen LogP contribution in [0, 0.1) is 6.92 Å². The van der Waals surface area contributed by atoms with Crippen LogP contribution in [0.4, 0.5) is 0 Å². The highest BCUT2D eigenvalue weighted by Gasteiger charge is 2.08. The van der Waals surface area contributed by atoms with Gasteiger partial charge in [-0.05, 0) is 50.1 Å². The number of aryl methyl sites for hydroxylation is 1. The van der Waals surface area contributed by atoms with Gasteiger partial charge in [-0.25, -0.2) is 4.79 Å². The molecule has 0 amide bonds. The first-order chi connectivity index (χ1) is 9.95. The quantitative estimate of drug-likeness (QED) is 0.812. The van der Waals surface area contributed by atoms with E-state index in [1.54, 1.807) is 29.0 Å². The van der Waals surface area contributed by atoms with E-state index in [9.17, 15) is 9.59 Å². The van der Waals surface area contributed by atoms with Crippen LogP contribution < -0.4 is 5.56 Å². The normalized spacial score (nSPS) is 10.7. The predicted molar refractivity (Wildman–Crippen MR) is 81.5 cm³/mol. The molecule has 0 saturated carbocycles. The van der Waals surface area contributed by atoms with Crippen LogP contribution in [0.5, 0.6) is 0 Å². The minimum Gasteiger partial charge on any atom is -0.459 e. The molecular weight excluding hydrogens is 266 g/mol. The predicted octanol–water partition coefficient (Wildman–Crippen LogP) is 2.77. The number of ether oxygens (including phenoxy) is 1. The van der Waals surface area contributed by atoms with Crippen LogP contribution in [0.15, 0.2) is 47.4 Å². The van der Waals surface area contributed by atoms with Gasteiger partial charge in [0.05, 0.1) is 18.2 Å². The number of esters is 1. The molecule has 0 atom stereocenters. The molecule has 1 heterocycles. The van der Waals surface area contributed by atoms with Gasteiger partial charge in [0.25, 0.3) is 5.56 Å². The van der Waals surface area contributed by atoms with Gasteiger partial charge in [0.15, 0.2) is 0 Å². The number of hydrogen-bond acceptors (Lipinski definition) is 3. The maximum absolute atomic E-state index is 11.8. The van der Waals surface area contributed by atoms with Crippen LogP contribution in [0.1, 0.15) is 35.3 Å². The molecule has 0 N–H and O–H groups in total. The summed E-state index contributed by atoms with van der Waals surface area (Å²) in [6.07, 6.45) is 1.64. The molecule has 0 bridgehead atoms. The molecule has 1 aromatic heterocycles. The van der Waals surface area contributed by atoms with E-state index in [0.29, 0.717) is 12.1 Å². The number of carbonyl (C=O) groups is 1. The summed E-state index contributed by atoms with van der Waals surface area (Å²) in [7, 11) is 0. The standard InChI is InChI=1S/C17H19NO3/c1-12(2)21-17(20)15-6-4-14(5-7-15)11-18-9-8-13(3)10-16(18)19/h4-10,12H,11H2,1-3H3. The van der Waals surface area contributed by atoms with Crippen molar-refractivity contribution in [2.24, 2.45) is 0 Å². The van der Waals surface area contributed by atoms with E-state index in [1.807, 2.05) is 39.0 Å². The Balaban J connectivity index is 2.12. The molecule has 0 unspecified atom stereocenters. The topological polar surface area (TPSA) is 48.3 Å². The van der Waals surface area contributed by atoms with Crippen LogP contribution in [-0.2, 0) is 11.3 Å². The second kappa shape index (κ2) is 6.39. The Hall–Kier alpha value is -2.36. The Labute approximate surface area is 124 Å². The molecule has 21 heavy (non-hydrogen) atoms. The van der Waals surface area contributed by atoms with Gasteiger partial charge in [-0.2, -0.15) is 0 Å². The Morgan fingerprint density at radius 2 is 1.86 bits per heavy atom. The van der Waals surface area contributed by atoms with Crippen molar-refractivity contribution < 1.29 is 9.53 Å². The summed E-state index contributed by atoms with van der Waals surface area (Å²) in [6, 6.07) is 10.6. The molecule has 2 aromatic rings. The molecule has 2 rings (SSSR count). The highest BCUT2D eigenvalue weighted by atomic mass is 16.5. The van der Waals surface area contributed by atoms with Crippen molar-refractivity contribution in [2.45, 2.75) is 33.4 Å². The minimum absolute atomic E-state index is 0.0294. The first kappa shape index (κ1) is 15.0. The van der Waals surface area contributed by atoms with Crippen LogP contribution in [-0.4, -0.2) is 16.6 Å². The molecule has 0 saturated heterocycles. The van der Waals surface area contributed by atoms with Crippen molar-refractivity contribution in [2.75, 3.05) is 0 Å². The number of aromatic nitrogens is 1. The van der Waals surface area contributed by atoms with Gasteiger partial charge < -0.3 is 9.30 Å². The SMILES string of the molecule is Cc1ccn(Cc2ccc(C(=O)OC(C)C)cc2)c(=O)c1. The number of pyridine rings is 1. The summed E-state index contributed by atoms with van der Waals surface area (Å²) in [5.41, 5.74) is 2.40. The monoisotopic (exact) mass is 285 g/mol. The molecule has 0 aliphatic heterocycles. The molecule has 0 spiro atoms. The molecule has 0 radical (unpaired) electrons. The average molecular weight is 285 g/mol. The van der Waals surface area contributed by atoms with Gasteiger partial charge in [-0.1, -0.05) is 12.1 Å². The van der Waals surface area contributed by atoms with E-state index in [2.05, 4.69) is 0 Å². The summed E-state index contributed by atoms with van der Waals surface area (Å²) in [5.74, 6) is -0.330. The largest absolute Gasteiger partial charge is 0.459 e. The lowest BCUT2D eigenvalue weighted by molar-refractivity contribution is 0.0378. The summed E-state index contributed by atoms with van der Waals surface area (Å²) in [6.45, 7) is 6.01. The molecule has 0 fully saturated rings. The van der Waals surface area contributed by atoms with Gasteiger partial charge >= 0.3 is 5.97 Å². The second-order valence-corrected chi connectivity index (χ2v) is 5.32. The fraction of sp³-hybridized carbons (Fsp3) is 0.294. The first-order valence-corrected chi connectivity index (χ1v) is 6.93. The second-order valence-electron chi connectivity index (χ2n) is 5.32. The van der Waals surface area contributed by atoms with Crippen molar-refractivity contribution in [1.82, 2.24) is 4.57 Å². The number of carbonyl (C=O) groups excluding carboxylic acids is 1. The lowest BCUT2D eigenvalue weighted by atomic mass is 10.1. The highest BCUT2D eigenvalue weighted by Crippen LogP contribution is 2.08. The first-order valence-electron chi connectivity index (χ1n) is 6.93. The van der Waals surface area contributed by atoms with Crippen molar-refractivity contribution >= 4 is 5.97 Å². The Kier molecular flexibility index (Phi) is 4.58. The highest BCUT2D eigenvalue weighted by molar-refractivity contribution is 5.89. The third-order valence-electron chi connectivity index (χ3n) is 3.04. The van der Waals surface area contributed by atoms with Crippen molar-refractivity contribution in [3.05, 3.63) is 69.6 Å². The van der Waals surface area contributed by atoms with E-state index in [0.717, 1.165) is 11.1 Å². The van der Waals surface area contributed by atoms with Crippen molar-refractivity contribution in [3.8, 4) is 0 Å². The number of benzene rings is 1. The van der Waals surface area contributed by atoms with E-state index in [1.165, 1.54) is 0 Å². The zero-order chi connectivity index (χ0) is 15.4. The van der Waals surface area contributed by atoms with Crippen LogP contribution >= 0.6 is 0 Å². The molecule has 1 aromatic carbocycles. The van der Waals surface area contributed by atoms with Crippen molar-refractivity contribution in [1.29, 1.82) is 0 Å². The molecule has 110 valence electrons. The molecule has 0 aliphatic rings. The van der Waals surface area contributed by atoms with E-state index >= 15 is 0 Å². The maximum Gasteiger partial charge on any atom is 0.338 e. The van der Waals surface area contributed by atoms with Gasteiger partial charge in [0.2, 0.25) is 0 Å². The van der Waals surface area contributed by atoms with Gasteiger partial charge in [0, 0.05) is 12.3 Å². The average Bonchev–Trinajstić information content (AvgIpc) is 2.42. The van der Waals surface area contributed by atoms with E-state index in [-0.39, 0.29) is 17.6 Å². The molecule has 4 heteroatoms. The fourth-order valence-corrected chi connectivity index (χ4v) is 1.96. The summed E-state index contributed by atoms with van der Waals surface area (Å²) in [5, 5.41) is 0. The Morgan fingerprint density at radius 1 is 1.19 bits per heavy atom. The Bertz CT molecular complexity index is 684. The van der Waals surface area contributed by atoms with Gasteiger partial charge in [-0.15, -0.1) is 0 Å². The van der Waals surface area contributed by atoms with E-state index < -0.39 is 0 Å².